The zero-order valence-corrected chi connectivity index (χ0v) is 12.5. The van der Waals surface area contributed by atoms with Gasteiger partial charge in [0.15, 0.2) is 0 Å². The van der Waals surface area contributed by atoms with E-state index >= 15 is 0 Å². The number of halogens is 1. The predicted molar refractivity (Wildman–Crippen MR) is 77.1 cm³/mol. The average molecular weight is 330 g/mol. The highest BCUT2D eigenvalue weighted by Crippen LogP contribution is 2.24. The Morgan fingerprint density at radius 2 is 2.22 bits per heavy atom. The van der Waals surface area contributed by atoms with Gasteiger partial charge in [0.05, 0.1) is 11.4 Å². The molecule has 0 bridgehead atoms. The van der Waals surface area contributed by atoms with Gasteiger partial charge in [0.25, 0.3) is 0 Å². The van der Waals surface area contributed by atoms with Crippen molar-refractivity contribution < 1.29 is 4.79 Å². The van der Waals surface area contributed by atoms with Gasteiger partial charge in [0.2, 0.25) is 5.91 Å². The van der Waals surface area contributed by atoms with E-state index in [2.05, 4.69) is 32.1 Å². The number of rotatable bonds is 4. The zero-order valence-electron chi connectivity index (χ0n) is 10.1. The summed E-state index contributed by atoms with van der Waals surface area (Å²) in [4.78, 5) is 13.1. The second kappa shape index (κ2) is 6.56. The molecule has 0 aliphatic carbocycles. The van der Waals surface area contributed by atoms with Crippen LogP contribution in [0.5, 0.6) is 0 Å². The van der Waals surface area contributed by atoms with Gasteiger partial charge in [0.1, 0.15) is 0 Å². The number of hydrogen-bond acceptors (Lipinski definition) is 4. The summed E-state index contributed by atoms with van der Waals surface area (Å²) in [5.41, 5.74) is 6.01. The van der Waals surface area contributed by atoms with E-state index < -0.39 is 0 Å². The maximum atomic E-state index is 12.0. The van der Waals surface area contributed by atoms with E-state index in [-0.39, 0.29) is 17.3 Å². The maximum Gasteiger partial charge on any atom is 0.234 e. The van der Waals surface area contributed by atoms with Gasteiger partial charge in [-0.1, -0.05) is 15.9 Å². The molecule has 1 aromatic carbocycles. The summed E-state index contributed by atoms with van der Waals surface area (Å²) < 4.78 is 1.05. The third-order valence-electron chi connectivity index (χ3n) is 2.65. The Hall–Kier alpha value is -0.560. The molecule has 18 heavy (non-hydrogen) atoms. The summed E-state index contributed by atoms with van der Waals surface area (Å²) >= 11 is 4.96. The molecule has 98 valence electrons. The molecule has 1 heterocycles. The maximum absolute atomic E-state index is 12.0. The van der Waals surface area contributed by atoms with Gasteiger partial charge >= 0.3 is 0 Å². The van der Waals surface area contributed by atoms with E-state index in [9.17, 15) is 4.79 Å². The Morgan fingerprint density at radius 3 is 2.83 bits per heavy atom. The molecular formula is C12H16BrN3OS. The van der Waals surface area contributed by atoms with Crippen molar-refractivity contribution in [3.05, 3.63) is 28.7 Å². The Bertz CT molecular complexity index is 406. The molecule has 2 rings (SSSR count). The first-order valence-electron chi connectivity index (χ1n) is 5.86. The molecular weight excluding hydrogens is 314 g/mol. The lowest BCUT2D eigenvalue weighted by Crippen LogP contribution is -2.46. The van der Waals surface area contributed by atoms with E-state index in [0.717, 1.165) is 22.3 Å². The monoisotopic (exact) mass is 329 g/mol. The molecule has 0 spiro atoms. The number of thioether (sulfide) groups is 1. The summed E-state index contributed by atoms with van der Waals surface area (Å²) in [5, 5.41) is 2.86. The van der Waals surface area contributed by atoms with E-state index in [1.54, 1.807) is 11.8 Å². The molecule has 1 amide bonds. The van der Waals surface area contributed by atoms with Gasteiger partial charge in [-0.15, -0.1) is 11.8 Å². The first-order chi connectivity index (χ1) is 8.65. The van der Waals surface area contributed by atoms with Crippen molar-refractivity contribution >= 4 is 33.6 Å². The molecule has 3 N–H and O–H groups in total. The molecule has 0 aromatic heterocycles. The summed E-state index contributed by atoms with van der Waals surface area (Å²) in [7, 11) is 0. The number of amides is 1. The van der Waals surface area contributed by atoms with E-state index in [4.69, 9.17) is 0 Å². The lowest BCUT2D eigenvalue weighted by Gasteiger charge is -2.16. The normalized spacial score (nSPS) is 20.7. The largest absolute Gasteiger partial charge is 0.339 e. The summed E-state index contributed by atoms with van der Waals surface area (Å²) in [6.45, 7) is 2.81. The average Bonchev–Trinajstić information content (AvgIpc) is 2.85. The lowest BCUT2D eigenvalue weighted by atomic mass is 10.3. The third kappa shape index (κ3) is 3.98. The fourth-order valence-corrected chi connectivity index (χ4v) is 2.79. The van der Waals surface area contributed by atoms with Crippen molar-refractivity contribution in [2.75, 3.05) is 6.54 Å². The van der Waals surface area contributed by atoms with Crippen LogP contribution in [0.2, 0.25) is 0 Å². The van der Waals surface area contributed by atoms with Gasteiger partial charge in [-0.25, -0.2) is 5.43 Å². The summed E-state index contributed by atoms with van der Waals surface area (Å²) in [5.74, 6) is 0.0594. The zero-order chi connectivity index (χ0) is 13.0. The van der Waals surface area contributed by atoms with Crippen molar-refractivity contribution in [3.63, 3.8) is 0 Å². The highest BCUT2D eigenvalue weighted by atomic mass is 79.9. The van der Waals surface area contributed by atoms with E-state index in [0.29, 0.717) is 0 Å². The van der Waals surface area contributed by atoms with Crippen LogP contribution in [0.1, 0.15) is 13.3 Å². The van der Waals surface area contributed by atoms with Crippen molar-refractivity contribution in [2.24, 2.45) is 0 Å². The molecule has 0 saturated carbocycles. The van der Waals surface area contributed by atoms with Crippen molar-refractivity contribution in [1.82, 2.24) is 16.2 Å². The van der Waals surface area contributed by atoms with Crippen LogP contribution in [-0.2, 0) is 4.79 Å². The molecule has 2 unspecified atom stereocenters. The second-order valence-electron chi connectivity index (χ2n) is 4.13. The standard InChI is InChI=1S/C12H16BrN3OS/c1-8(12(17)15-11-6-7-14-16-11)18-10-4-2-9(13)3-5-10/h2-5,8,11,14,16H,6-7H2,1H3,(H,15,17). The number of carbonyl (C=O) groups excluding carboxylic acids is 1. The van der Waals surface area contributed by atoms with Crippen LogP contribution in [0.3, 0.4) is 0 Å². The second-order valence-corrected chi connectivity index (χ2v) is 6.46. The van der Waals surface area contributed by atoms with Gasteiger partial charge in [-0.3, -0.25) is 10.2 Å². The van der Waals surface area contributed by atoms with Crippen LogP contribution in [0, 0.1) is 0 Å². The number of nitrogens with one attached hydrogen (secondary N) is 3. The molecule has 1 aliphatic rings. The predicted octanol–water partition coefficient (Wildman–Crippen LogP) is 1.87. The van der Waals surface area contributed by atoms with Gasteiger partial charge < -0.3 is 5.32 Å². The van der Waals surface area contributed by atoms with Crippen LogP contribution in [0.25, 0.3) is 0 Å². The van der Waals surface area contributed by atoms with Crippen molar-refractivity contribution in [2.45, 2.75) is 29.7 Å². The van der Waals surface area contributed by atoms with Crippen LogP contribution >= 0.6 is 27.7 Å². The van der Waals surface area contributed by atoms with Crippen molar-refractivity contribution in [1.29, 1.82) is 0 Å². The molecule has 2 atom stereocenters. The fourth-order valence-electron chi connectivity index (χ4n) is 1.65. The van der Waals surface area contributed by atoms with Crippen LogP contribution < -0.4 is 16.2 Å². The smallest absolute Gasteiger partial charge is 0.234 e. The molecule has 4 nitrogen and oxygen atoms in total. The van der Waals surface area contributed by atoms with E-state index in [1.165, 1.54) is 0 Å². The molecule has 1 fully saturated rings. The highest BCUT2D eigenvalue weighted by molar-refractivity contribution is 9.10. The first kappa shape index (κ1) is 13.9. The highest BCUT2D eigenvalue weighted by Gasteiger charge is 2.20. The minimum absolute atomic E-state index is 0.0467. The third-order valence-corrected chi connectivity index (χ3v) is 4.29. The molecule has 1 saturated heterocycles. The Kier molecular flexibility index (Phi) is 5.05. The number of carbonyl (C=O) groups is 1. The van der Waals surface area contributed by atoms with Gasteiger partial charge in [-0.05, 0) is 37.6 Å². The minimum atomic E-state index is -0.103. The molecule has 1 aliphatic heterocycles. The van der Waals surface area contributed by atoms with Gasteiger partial charge in [0, 0.05) is 15.9 Å². The molecule has 0 radical (unpaired) electrons. The van der Waals surface area contributed by atoms with Crippen molar-refractivity contribution in [3.8, 4) is 0 Å². The summed E-state index contributed by atoms with van der Waals surface area (Å²) in [6.07, 6.45) is 0.965. The van der Waals surface area contributed by atoms with Crippen LogP contribution in [0.15, 0.2) is 33.6 Å². The van der Waals surface area contributed by atoms with Gasteiger partial charge in [-0.2, -0.15) is 0 Å². The fraction of sp³-hybridized carbons (Fsp3) is 0.417. The number of benzene rings is 1. The van der Waals surface area contributed by atoms with Crippen LogP contribution in [0.4, 0.5) is 0 Å². The minimum Gasteiger partial charge on any atom is -0.339 e. The quantitative estimate of drug-likeness (QED) is 0.738. The molecule has 6 heteroatoms. The SMILES string of the molecule is CC(Sc1ccc(Br)cc1)C(=O)NC1CCNN1. The number of hydrazine groups is 1. The van der Waals surface area contributed by atoms with E-state index in [1.807, 2.05) is 31.2 Å². The first-order valence-corrected chi connectivity index (χ1v) is 7.53. The topological polar surface area (TPSA) is 53.2 Å². The molecule has 1 aromatic rings. The van der Waals surface area contributed by atoms with Crippen LogP contribution in [-0.4, -0.2) is 23.9 Å². The lowest BCUT2D eigenvalue weighted by molar-refractivity contribution is -0.121. The Balaban J connectivity index is 1.84. The Labute approximate surface area is 119 Å². The summed E-state index contributed by atoms with van der Waals surface area (Å²) in [6, 6.07) is 7.98. The Morgan fingerprint density at radius 1 is 1.50 bits per heavy atom. The number of hydrogen-bond donors (Lipinski definition) is 3.